The van der Waals surface area contributed by atoms with Gasteiger partial charge in [0, 0.05) is 26.1 Å². The van der Waals surface area contributed by atoms with Crippen molar-refractivity contribution in [3.63, 3.8) is 0 Å². The Bertz CT molecular complexity index is 940. The van der Waals surface area contributed by atoms with E-state index in [1.807, 2.05) is 56.4 Å². The van der Waals surface area contributed by atoms with Crippen LogP contribution in [0.4, 0.5) is 0 Å². The summed E-state index contributed by atoms with van der Waals surface area (Å²) < 4.78 is 23.3. The van der Waals surface area contributed by atoms with Crippen LogP contribution < -0.4 is 4.74 Å². The molecule has 0 spiro atoms. The van der Waals surface area contributed by atoms with Crippen LogP contribution in [0, 0.1) is 11.8 Å². The molecule has 1 aromatic rings. The van der Waals surface area contributed by atoms with Crippen LogP contribution >= 0.6 is 15.9 Å². The van der Waals surface area contributed by atoms with Gasteiger partial charge >= 0.3 is 5.97 Å². The lowest BCUT2D eigenvalue weighted by Gasteiger charge is -2.28. The highest BCUT2D eigenvalue weighted by molar-refractivity contribution is 9.10. The van der Waals surface area contributed by atoms with Crippen LogP contribution in [0.5, 0.6) is 5.75 Å². The molecule has 1 unspecified atom stereocenters. The van der Waals surface area contributed by atoms with Gasteiger partial charge in [-0.1, -0.05) is 24.0 Å². The third kappa shape index (κ3) is 8.73. The van der Waals surface area contributed by atoms with Gasteiger partial charge in [0.15, 0.2) is 11.7 Å². The van der Waals surface area contributed by atoms with E-state index < -0.39 is 17.7 Å². The molecule has 33 heavy (non-hydrogen) atoms. The number of ether oxygens (including phenoxy) is 4. The Morgan fingerprint density at radius 1 is 1.24 bits per heavy atom. The van der Waals surface area contributed by atoms with Gasteiger partial charge in [0.1, 0.15) is 18.1 Å². The summed E-state index contributed by atoms with van der Waals surface area (Å²) in [6.45, 7) is 7.52. The second-order valence-corrected chi connectivity index (χ2v) is 8.01. The molecule has 178 valence electrons. The van der Waals surface area contributed by atoms with Gasteiger partial charge in [0.05, 0.1) is 11.1 Å². The molecule has 0 fully saturated rings. The fourth-order valence-corrected chi connectivity index (χ4v) is 3.82. The van der Waals surface area contributed by atoms with Crippen LogP contribution in [0.15, 0.2) is 58.8 Å². The van der Waals surface area contributed by atoms with Crippen LogP contribution in [0.25, 0.3) is 0 Å². The average molecular weight is 519 g/mol. The smallest absolute Gasteiger partial charge is 0.333 e. The van der Waals surface area contributed by atoms with Gasteiger partial charge in [-0.15, -0.1) is 0 Å². The Balaban J connectivity index is 1.93. The van der Waals surface area contributed by atoms with Gasteiger partial charge in [-0.2, -0.15) is 0 Å². The second kappa shape index (κ2) is 13.9. The van der Waals surface area contributed by atoms with E-state index in [1.54, 1.807) is 13.0 Å². The molecule has 0 aliphatic heterocycles. The first-order valence-electron chi connectivity index (χ1n) is 11.0. The number of rotatable bonds is 12. The second-order valence-electron chi connectivity index (χ2n) is 7.16. The molecule has 0 saturated carbocycles. The van der Waals surface area contributed by atoms with Crippen LogP contribution in [-0.4, -0.2) is 49.2 Å². The lowest BCUT2D eigenvalue weighted by molar-refractivity contribution is -0.149. The van der Waals surface area contributed by atoms with Gasteiger partial charge < -0.3 is 24.1 Å². The molecule has 0 amide bonds. The fourth-order valence-electron chi connectivity index (χ4n) is 3.28. The molecule has 0 aromatic heterocycles. The molecule has 1 aromatic carbocycles. The minimum Gasteiger partial charge on any atom is -0.498 e. The van der Waals surface area contributed by atoms with Crippen LogP contribution in [0.3, 0.4) is 0 Å². The number of benzene rings is 1. The van der Waals surface area contributed by atoms with Crippen molar-refractivity contribution in [1.82, 2.24) is 0 Å². The summed E-state index contributed by atoms with van der Waals surface area (Å²) in [5.74, 6) is 6.78. The largest absolute Gasteiger partial charge is 0.498 e. The van der Waals surface area contributed by atoms with Crippen LogP contribution in [0.1, 0.15) is 32.8 Å². The molecule has 2 rings (SSSR count). The van der Waals surface area contributed by atoms with E-state index in [2.05, 4.69) is 27.8 Å². The molecule has 0 heterocycles. The number of hydrogen-bond acceptors (Lipinski definition) is 5. The summed E-state index contributed by atoms with van der Waals surface area (Å²) in [6.07, 6.45) is 9.38. The summed E-state index contributed by atoms with van der Waals surface area (Å²) in [4.78, 5) is 11.3. The first-order valence-corrected chi connectivity index (χ1v) is 11.8. The predicted molar refractivity (Wildman–Crippen MR) is 131 cm³/mol. The van der Waals surface area contributed by atoms with Crippen molar-refractivity contribution in [3.8, 4) is 17.6 Å². The highest BCUT2D eigenvalue weighted by atomic mass is 79.9. The Morgan fingerprint density at radius 2 is 2.06 bits per heavy atom. The van der Waals surface area contributed by atoms with E-state index in [9.17, 15) is 9.90 Å². The number of hydrogen-bond donors (Lipinski definition) is 1. The van der Waals surface area contributed by atoms with E-state index in [1.165, 1.54) is 0 Å². The molecule has 1 aliphatic rings. The van der Waals surface area contributed by atoms with E-state index in [0.717, 1.165) is 15.8 Å². The molecule has 6 nitrogen and oxygen atoms in total. The van der Waals surface area contributed by atoms with Crippen molar-refractivity contribution in [3.05, 3.63) is 64.4 Å². The number of aliphatic carboxylic acids is 1. The topological polar surface area (TPSA) is 74.2 Å². The van der Waals surface area contributed by atoms with Crippen molar-refractivity contribution >= 4 is 21.9 Å². The number of allylic oxidation sites excluding steroid dienone is 3. The van der Waals surface area contributed by atoms with Gasteiger partial charge in [-0.05, 0) is 78.7 Å². The Hall–Kier alpha value is -2.53. The Kier molecular flexibility index (Phi) is 11.2. The van der Waals surface area contributed by atoms with E-state index in [-0.39, 0.29) is 6.42 Å². The zero-order valence-electron chi connectivity index (χ0n) is 19.3. The molecular formula is C26H31BrO6. The third-order valence-corrected chi connectivity index (χ3v) is 5.32. The van der Waals surface area contributed by atoms with Crippen molar-refractivity contribution in [2.75, 3.05) is 26.4 Å². The fraction of sp³-hybridized carbons (Fsp3) is 0.423. The minimum atomic E-state index is -0.973. The molecule has 0 bridgehead atoms. The first kappa shape index (κ1) is 26.7. The first-order chi connectivity index (χ1) is 15.9. The number of carbonyl (C=O) groups is 1. The van der Waals surface area contributed by atoms with Gasteiger partial charge in [-0.25, -0.2) is 4.79 Å². The van der Waals surface area contributed by atoms with E-state index in [0.29, 0.717) is 38.6 Å². The number of carboxylic acid groups (broad SMARTS) is 1. The van der Waals surface area contributed by atoms with Crippen LogP contribution in [-0.2, 0) is 25.4 Å². The maximum Gasteiger partial charge on any atom is 0.333 e. The van der Waals surface area contributed by atoms with Gasteiger partial charge in [0.2, 0.25) is 0 Å². The number of carboxylic acids is 1. The molecular weight excluding hydrogens is 488 g/mol. The zero-order valence-corrected chi connectivity index (χ0v) is 20.9. The maximum atomic E-state index is 11.3. The average Bonchev–Trinajstić information content (AvgIpc) is 2.77. The predicted octanol–water partition coefficient (Wildman–Crippen LogP) is 5.08. The van der Waals surface area contributed by atoms with Gasteiger partial charge in [0.25, 0.3) is 0 Å². The maximum absolute atomic E-state index is 11.3. The molecule has 1 N–H and O–H groups in total. The lowest BCUT2D eigenvalue weighted by atomic mass is 9.94. The molecule has 0 radical (unpaired) electrons. The lowest BCUT2D eigenvalue weighted by Crippen LogP contribution is -2.31. The third-order valence-electron chi connectivity index (χ3n) is 4.70. The summed E-state index contributed by atoms with van der Waals surface area (Å²) >= 11 is 3.48. The summed E-state index contributed by atoms with van der Waals surface area (Å²) in [6, 6.07) is 5.49. The summed E-state index contributed by atoms with van der Waals surface area (Å²) in [5.41, 5.74) is 0.159. The van der Waals surface area contributed by atoms with Crippen molar-refractivity contribution in [1.29, 1.82) is 0 Å². The van der Waals surface area contributed by atoms with Crippen molar-refractivity contribution < 1.29 is 28.8 Å². The monoisotopic (exact) mass is 518 g/mol. The van der Waals surface area contributed by atoms with Crippen LogP contribution in [0.2, 0.25) is 0 Å². The molecule has 2 atom stereocenters. The highest BCUT2D eigenvalue weighted by Gasteiger charge is 2.29. The van der Waals surface area contributed by atoms with E-state index in [4.69, 9.17) is 18.9 Å². The molecule has 0 saturated heterocycles. The summed E-state index contributed by atoms with van der Waals surface area (Å²) in [7, 11) is 0. The van der Waals surface area contributed by atoms with Crippen molar-refractivity contribution in [2.45, 2.75) is 45.3 Å². The quantitative estimate of drug-likeness (QED) is 0.389. The zero-order chi connectivity index (χ0) is 24.1. The molecule has 1 aliphatic carbocycles. The minimum absolute atomic E-state index is 0.285. The van der Waals surface area contributed by atoms with Gasteiger partial charge in [-0.3, -0.25) is 0 Å². The highest BCUT2D eigenvalue weighted by Crippen LogP contribution is 2.28. The SMILES string of the molecule is CCOC1=CC=CC(C#CC=CCOc2ccc(C[C@H](OCC)C(=O)O)cc2Br)(OCC)C1. The molecule has 7 heteroatoms. The van der Waals surface area contributed by atoms with Crippen molar-refractivity contribution in [2.24, 2.45) is 0 Å². The Morgan fingerprint density at radius 3 is 2.73 bits per heavy atom. The summed E-state index contributed by atoms with van der Waals surface area (Å²) in [5, 5.41) is 9.24. The normalized spacial score (nSPS) is 18.4. The Labute approximate surface area is 204 Å². The number of halogens is 1. The standard InChI is InChI=1S/C26H31BrO6/c1-4-30-21-11-10-15-26(19-21,33-6-3)14-8-7-9-16-32-23-13-12-20(17-22(23)27)18-24(25(28)29)31-5-2/h7,9-13,15,17,24H,4-6,16,18-19H2,1-3H3,(H,28,29)/t24-,26?/m0/s1. The van der Waals surface area contributed by atoms with E-state index >= 15 is 0 Å².